The van der Waals surface area contributed by atoms with Gasteiger partial charge in [0, 0.05) is 12.5 Å². The van der Waals surface area contributed by atoms with Crippen LogP contribution < -0.4 is 10.6 Å². The van der Waals surface area contributed by atoms with Crippen LogP contribution in [-0.4, -0.2) is 23.0 Å². The van der Waals surface area contributed by atoms with E-state index in [1.165, 1.54) is 6.07 Å². The number of carboxylic acid groups (broad SMARTS) is 1. The average molecular weight is 220 g/mol. The van der Waals surface area contributed by atoms with Gasteiger partial charge in [-0.1, -0.05) is 6.07 Å². The minimum Gasteiger partial charge on any atom is -0.478 e. The normalized spacial score (nSPS) is 19.1. The van der Waals surface area contributed by atoms with E-state index in [1.54, 1.807) is 12.1 Å². The quantitative estimate of drug-likeness (QED) is 0.670. The standard InChI is InChI=1S/C11H12N2O3/c1-6-5-9(14)13-8-4-2-3-7(11(15)16)10(8)12-6/h2-4,6,12H,5H2,1H3,(H,13,14)(H,15,16). The Kier molecular flexibility index (Phi) is 2.52. The SMILES string of the molecule is CC1CC(=O)Nc2cccc(C(=O)O)c2N1. The molecule has 1 aromatic rings. The number of rotatable bonds is 1. The lowest BCUT2D eigenvalue weighted by Gasteiger charge is -2.13. The molecule has 0 fully saturated rings. The number of carbonyl (C=O) groups is 2. The number of nitrogens with one attached hydrogen (secondary N) is 2. The van der Waals surface area contributed by atoms with Crippen LogP contribution in [0.25, 0.3) is 0 Å². The first kappa shape index (κ1) is 10.5. The van der Waals surface area contributed by atoms with Gasteiger partial charge in [0.15, 0.2) is 0 Å². The van der Waals surface area contributed by atoms with Crippen molar-refractivity contribution in [1.29, 1.82) is 0 Å². The molecule has 1 aromatic carbocycles. The summed E-state index contributed by atoms with van der Waals surface area (Å²) in [6.45, 7) is 1.84. The zero-order chi connectivity index (χ0) is 11.7. The number of para-hydroxylation sites is 1. The number of amides is 1. The van der Waals surface area contributed by atoms with Gasteiger partial charge in [0.1, 0.15) is 0 Å². The second-order valence-electron chi connectivity index (χ2n) is 3.83. The number of carbonyl (C=O) groups excluding carboxylic acids is 1. The molecule has 1 aliphatic rings. The van der Waals surface area contributed by atoms with E-state index in [1.807, 2.05) is 6.92 Å². The van der Waals surface area contributed by atoms with Gasteiger partial charge in [0.05, 0.1) is 16.9 Å². The van der Waals surface area contributed by atoms with Crippen LogP contribution >= 0.6 is 0 Å². The Bertz CT molecular complexity index is 457. The van der Waals surface area contributed by atoms with Crippen LogP contribution in [0.15, 0.2) is 18.2 Å². The van der Waals surface area contributed by atoms with Gasteiger partial charge in [-0.3, -0.25) is 4.79 Å². The van der Waals surface area contributed by atoms with E-state index in [2.05, 4.69) is 10.6 Å². The fourth-order valence-corrected chi connectivity index (χ4v) is 1.77. The molecule has 1 amide bonds. The van der Waals surface area contributed by atoms with Crippen molar-refractivity contribution in [3.63, 3.8) is 0 Å². The van der Waals surface area contributed by atoms with E-state index in [0.717, 1.165) is 0 Å². The van der Waals surface area contributed by atoms with Gasteiger partial charge < -0.3 is 15.7 Å². The third-order valence-electron chi connectivity index (χ3n) is 2.45. The van der Waals surface area contributed by atoms with Crippen LogP contribution in [0, 0.1) is 0 Å². The van der Waals surface area contributed by atoms with Gasteiger partial charge in [-0.2, -0.15) is 0 Å². The molecule has 2 rings (SSSR count). The van der Waals surface area contributed by atoms with Crippen molar-refractivity contribution >= 4 is 23.3 Å². The van der Waals surface area contributed by atoms with Gasteiger partial charge in [0.2, 0.25) is 5.91 Å². The maximum atomic E-state index is 11.4. The van der Waals surface area contributed by atoms with Crippen LogP contribution in [0.1, 0.15) is 23.7 Å². The molecule has 3 N–H and O–H groups in total. The highest BCUT2D eigenvalue weighted by atomic mass is 16.4. The van der Waals surface area contributed by atoms with E-state index in [9.17, 15) is 9.59 Å². The highest BCUT2D eigenvalue weighted by Gasteiger charge is 2.21. The molecule has 0 aliphatic carbocycles. The molecule has 0 spiro atoms. The Morgan fingerprint density at radius 1 is 1.50 bits per heavy atom. The summed E-state index contributed by atoms with van der Waals surface area (Å²) >= 11 is 0. The fourth-order valence-electron chi connectivity index (χ4n) is 1.77. The van der Waals surface area contributed by atoms with E-state index in [-0.39, 0.29) is 17.5 Å². The van der Waals surface area contributed by atoms with E-state index >= 15 is 0 Å². The summed E-state index contributed by atoms with van der Waals surface area (Å²) in [4.78, 5) is 22.5. The molecule has 1 aliphatic heterocycles. The molecule has 0 bridgehead atoms. The summed E-state index contributed by atoms with van der Waals surface area (Å²) in [6, 6.07) is 4.73. The van der Waals surface area contributed by atoms with Gasteiger partial charge in [-0.05, 0) is 19.1 Å². The van der Waals surface area contributed by atoms with E-state index < -0.39 is 5.97 Å². The predicted octanol–water partition coefficient (Wildman–Crippen LogP) is 1.53. The van der Waals surface area contributed by atoms with Crippen molar-refractivity contribution in [2.45, 2.75) is 19.4 Å². The van der Waals surface area contributed by atoms with Gasteiger partial charge in [-0.15, -0.1) is 0 Å². The molecule has 1 heterocycles. The number of hydrogen-bond acceptors (Lipinski definition) is 3. The van der Waals surface area contributed by atoms with E-state index in [0.29, 0.717) is 17.8 Å². The minimum atomic E-state index is -1.01. The third-order valence-corrected chi connectivity index (χ3v) is 2.45. The molecule has 1 atom stereocenters. The molecular formula is C11H12N2O3. The van der Waals surface area contributed by atoms with Gasteiger partial charge in [-0.25, -0.2) is 4.79 Å². The minimum absolute atomic E-state index is 0.0817. The molecule has 0 saturated carbocycles. The number of fused-ring (bicyclic) bond motifs is 1. The highest BCUT2D eigenvalue weighted by Crippen LogP contribution is 2.29. The summed E-state index contributed by atoms with van der Waals surface area (Å²) in [7, 11) is 0. The first-order valence-corrected chi connectivity index (χ1v) is 5.00. The second kappa shape index (κ2) is 3.84. The zero-order valence-corrected chi connectivity index (χ0v) is 8.78. The van der Waals surface area contributed by atoms with Crippen molar-refractivity contribution < 1.29 is 14.7 Å². The predicted molar refractivity (Wildman–Crippen MR) is 59.7 cm³/mol. The highest BCUT2D eigenvalue weighted by molar-refractivity contribution is 6.03. The number of anilines is 2. The first-order valence-electron chi connectivity index (χ1n) is 5.00. The molecule has 0 radical (unpaired) electrons. The summed E-state index contributed by atoms with van der Waals surface area (Å²) in [5.74, 6) is -1.12. The molecular weight excluding hydrogens is 208 g/mol. The Balaban J connectivity index is 2.52. The van der Waals surface area contributed by atoms with E-state index in [4.69, 9.17) is 5.11 Å². The van der Waals surface area contributed by atoms with Crippen LogP contribution in [0.5, 0.6) is 0 Å². The third kappa shape index (κ3) is 1.84. The Morgan fingerprint density at radius 3 is 2.94 bits per heavy atom. The molecule has 84 valence electrons. The second-order valence-corrected chi connectivity index (χ2v) is 3.83. The van der Waals surface area contributed by atoms with Gasteiger partial charge in [0.25, 0.3) is 0 Å². The topological polar surface area (TPSA) is 78.4 Å². The van der Waals surface area contributed by atoms with Crippen LogP contribution in [0.3, 0.4) is 0 Å². The maximum Gasteiger partial charge on any atom is 0.337 e. The summed E-state index contributed by atoms with van der Waals surface area (Å²) in [6.07, 6.45) is 0.327. The number of aromatic carboxylic acids is 1. The first-order chi connectivity index (χ1) is 7.58. The fraction of sp³-hybridized carbons (Fsp3) is 0.273. The van der Waals surface area contributed by atoms with Crippen LogP contribution in [0.4, 0.5) is 11.4 Å². The average Bonchev–Trinajstić information content (AvgIpc) is 2.33. The molecule has 1 unspecified atom stereocenters. The Morgan fingerprint density at radius 2 is 2.25 bits per heavy atom. The molecule has 16 heavy (non-hydrogen) atoms. The maximum absolute atomic E-state index is 11.4. The monoisotopic (exact) mass is 220 g/mol. The lowest BCUT2D eigenvalue weighted by Crippen LogP contribution is -2.19. The Hall–Kier alpha value is -2.04. The van der Waals surface area contributed by atoms with Crippen LogP contribution in [0.2, 0.25) is 0 Å². The van der Waals surface area contributed by atoms with Crippen molar-refractivity contribution in [1.82, 2.24) is 0 Å². The van der Waals surface area contributed by atoms with Crippen molar-refractivity contribution in [3.8, 4) is 0 Å². The smallest absolute Gasteiger partial charge is 0.337 e. The van der Waals surface area contributed by atoms with Gasteiger partial charge >= 0.3 is 5.97 Å². The van der Waals surface area contributed by atoms with Crippen LogP contribution in [-0.2, 0) is 4.79 Å². The van der Waals surface area contributed by atoms with Crippen molar-refractivity contribution in [3.05, 3.63) is 23.8 Å². The number of benzene rings is 1. The Labute approximate surface area is 92.5 Å². The lowest BCUT2D eigenvalue weighted by atomic mass is 10.1. The summed E-state index contributed by atoms with van der Waals surface area (Å²) in [5.41, 5.74) is 1.18. The number of carboxylic acids is 1. The molecule has 5 nitrogen and oxygen atoms in total. The zero-order valence-electron chi connectivity index (χ0n) is 8.78. The molecule has 5 heteroatoms. The summed E-state index contributed by atoms with van der Waals surface area (Å²) in [5, 5.41) is 14.8. The number of hydrogen-bond donors (Lipinski definition) is 3. The lowest BCUT2D eigenvalue weighted by molar-refractivity contribution is -0.116. The van der Waals surface area contributed by atoms with Crippen molar-refractivity contribution in [2.75, 3.05) is 10.6 Å². The molecule has 0 saturated heterocycles. The largest absolute Gasteiger partial charge is 0.478 e. The summed E-state index contributed by atoms with van der Waals surface area (Å²) < 4.78 is 0. The van der Waals surface area contributed by atoms with Crippen molar-refractivity contribution in [2.24, 2.45) is 0 Å². The molecule has 0 aromatic heterocycles.